The van der Waals surface area contributed by atoms with E-state index in [1.165, 1.54) is 19.3 Å². The highest BCUT2D eigenvalue weighted by Crippen LogP contribution is 2.15. The van der Waals surface area contributed by atoms with Crippen molar-refractivity contribution in [2.45, 2.75) is 65.0 Å². The Morgan fingerprint density at radius 2 is 1.31 bits per heavy atom. The molecule has 80 valence electrons. The maximum absolute atomic E-state index is 5.70. The molecule has 4 N–H and O–H groups in total. The van der Waals surface area contributed by atoms with Crippen molar-refractivity contribution in [3.8, 4) is 0 Å². The fourth-order valence-electron chi connectivity index (χ4n) is 1.48. The minimum Gasteiger partial charge on any atom is -0.328 e. The van der Waals surface area contributed by atoms with Crippen molar-refractivity contribution in [2.75, 3.05) is 0 Å². The molecule has 0 aliphatic rings. The molecule has 0 aromatic heterocycles. The topological polar surface area (TPSA) is 52.0 Å². The average Bonchev–Trinajstić information content (AvgIpc) is 2.00. The third-order valence-corrected chi connectivity index (χ3v) is 2.47. The van der Waals surface area contributed by atoms with Gasteiger partial charge in [-0.2, -0.15) is 0 Å². The molecular weight excluding hydrogens is 160 g/mol. The summed E-state index contributed by atoms with van der Waals surface area (Å²) in [6.45, 7) is 6.46. The Balaban J connectivity index is 3.25. The highest BCUT2D eigenvalue weighted by molar-refractivity contribution is 4.61. The number of hydrogen-bond acceptors (Lipinski definition) is 2. The van der Waals surface area contributed by atoms with Crippen LogP contribution in [0.15, 0.2) is 0 Å². The maximum Gasteiger partial charge on any atom is 0.00105 e. The van der Waals surface area contributed by atoms with Gasteiger partial charge in [-0.1, -0.05) is 19.8 Å². The van der Waals surface area contributed by atoms with Gasteiger partial charge in [0.05, 0.1) is 0 Å². The van der Waals surface area contributed by atoms with Gasteiger partial charge < -0.3 is 11.5 Å². The highest BCUT2D eigenvalue weighted by atomic mass is 14.6. The molecule has 3 unspecified atom stereocenters. The maximum atomic E-state index is 5.70. The second-order valence-electron chi connectivity index (χ2n) is 4.57. The summed E-state index contributed by atoms with van der Waals surface area (Å²) in [6, 6.07) is 0.719. The number of nitrogens with two attached hydrogens (primary N) is 2. The predicted molar refractivity (Wildman–Crippen MR) is 59.5 cm³/mol. The molecular formula is C11H26N2. The van der Waals surface area contributed by atoms with Gasteiger partial charge in [0.25, 0.3) is 0 Å². The molecule has 0 rings (SSSR count). The van der Waals surface area contributed by atoms with E-state index in [1.807, 2.05) is 0 Å². The molecule has 13 heavy (non-hydrogen) atoms. The van der Waals surface area contributed by atoms with E-state index in [2.05, 4.69) is 20.8 Å². The lowest BCUT2D eigenvalue weighted by Gasteiger charge is -2.13. The van der Waals surface area contributed by atoms with Gasteiger partial charge in [-0.25, -0.2) is 0 Å². The molecule has 0 aliphatic carbocycles. The van der Waals surface area contributed by atoms with Crippen molar-refractivity contribution in [3.05, 3.63) is 0 Å². The Morgan fingerprint density at radius 1 is 0.769 bits per heavy atom. The van der Waals surface area contributed by atoms with Crippen LogP contribution in [0.25, 0.3) is 0 Å². The van der Waals surface area contributed by atoms with Crippen LogP contribution in [-0.2, 0) is 0 Å². The van der Waals surface area contributed by atoms with E-state index in [0.717, 1.165) is 18.8 Å². The van der Waals surface area contributed by atoms with Crippen LogP contribution < -0.4 is 11.5 Å². The first-order valence-electron chi connectivity index (χ1n) is 5.53. The molecule has 3 atom stereocenters. The van der Waals surface area contributed by atoms with Crippen LogP contribution in [0, 0.1) is 5.92 Å². The van der Waals surface area contributed by atoms with E-state index >= 15 is 0 Å². The Bertz CT molecular complexity index is 111. The van der Waals surface area contributed by atoms with Gasteiger partial charge in [-0.15, -0.1) is 0 Å². The van der Waals surface area contributed by atoms with Crippen LogP contribution in [0.4, 0.5) is 0 Å². The van der Waals surface area contributed by atoms with E-state index in [9.17, 15) is 0 Å². The van der Waals surface area contributed by atoms with Crippen molar-refractivity contribution >= 4 is 0 Å². The Morgan fingerprint density at radius 3 is 1.77 bits per heavy atom. The lowest BCUT2D eigenvalue weighted by Crippen LogP contribution is -2.16. The first kappa shape index (κ1) is 12.9. The van der Waals surface area contributed by atoms with Crippen molar-refractivity contribution in [1.29, 1.82) is 0 Å². The number of rotatable bonds is 7. The Labute approximate surface area is 83.1 Å². The fraction of sp³-hybridized carbons (Fsp3) is 1.00. The molecule has 0 saturated heterocycles. The largest absolute Gasteiger partial charge is 0.328 e. The summed E-state index contributed by atoms with van der Waals surface area (Å²) in [7, 11) is 0. The first-order chi connectivity index (χ1) is 6.02. The molecule has 0 radical (unpaired) electrons. The fourth-order valence-corrected chi connectivity index (χ4v) is 1.48. The summed E-state index contributed by atoms with van der Waals surface area (Å²) in [5.74, 6) is 0.810. The second-order valence-corrected chi connectivity index (χ2v) is 4.57. The third-order valence-electron chi connectivity index (χ3n) is 2.47. The molecule has 0 aromatic carbocycles. The molecule has 0 aliphatic heterocycles. The molecule has 0 fully saturated rings. The average molecular weight is 186 g/mol. The normalized spacial score (nSPS) is 18.2. The van der Waals surface area contributed by atoms with E-state index < -0.39 is 0 Å². The second kappa shape index (κ2) is 7.34. The highest BCUT2D eigenvalue weighted by Gasteiger charge is 2.04. The molecule has 2 nitrogen and oxygen atoms in total. The molecule has 0 heterocycles. The molecule has 0 spiro atoms. The van der Waals surface area contributed by atoms with E-state index in [0.29, 0.717) is 12.1 Å². The zero-order valence-corrected chi connectivity index (χ0v) is 9.42. The predicted octanol–water partition coefficient (Wildman–Crippen LogP) is 2.27. The van der Waals surface area contributed by atoms with Gasteiger partial charge in [0.2, 0.25) is 0 Å². The molecule has 0 amide bonds. The monoisotopic (exact) mass is 186 g/mol. The summed E-state index contributed by atoms with van der Waals surface area (Å²) in [5, 5.41) is 0. The first-order valence-corrected chi connectivity index (χ1v) is 5.53. The van der Waals surface area contributed by atoms with E-state index in [-0.39, 0.29) is 0 Å². The zero-order valence-electron chi connectivity index (χ0n) is 9.42. The van der Waals surface area contributed by atoms with Gasteiger partial charge in [-0.05, 0) is 39.0 Å². The SMILES string of the molecule is CC(N)CCCC(C)CCC(C)N. The summed E-state index contributed by atoms with van der Waals surface area (Å²) in [6.07, 6.45) is 6.13. The van der Waals surface area contributed by atoms with Crippen LogP contribution in [0.3, 0.4) is 0 Å². The Kier molecular flexibility index (Phi) is 7.29. The van der Waals surface area contributed by atoms with Gasteiger partial charge in [0.1, 0.15) is 0 Å². The van der Waals surface area contributed by atoms with Crippen molar-refractivity contribution in [3.63, 3.8) is 0 Å². The van der Waals surface area contributed by atoms with Crippen LogP contribution in [0.2, 0.25) is 0 Å². The van der Waals surface area contributed by atoms with Crippen LogP contribution in [0.5, 0.6) is 0 Å². The smallest absolute Gasteiger partial charge is 0.00105 e. The van der Waals surface area contributed by atoms with Crippen molar-refractivity contribution in [2.24, 2.45) is 17.4 Å². The lowest BCUT2D eigenvalue weighted by molar-refractivity contribution is 0.426. The van der Waals surface area contributed by atoms with Gasteiger partial charge in [0.15, 0.2) is 0 Å². The minimum absolute atomic E-state index is 0.357. The van der Waals surface area contributed by atoms with Gasteiger partial charge in [0, 0.05) is 12.1 Å². The summed E-state index contributed by atoms with van der Waals surface area (Å²) in [4.78, 5) is 0. The summed E-state index contributed by atoms with van der Waals surface area (Å²) in [5.41, 5.74) is 11.4. The summed E-state index contributed by atoms with van der Waals surface area (Å²) >= 11 is 0. The van der Waals surface area contributed by atoms with E-state index in [1.54, 1.807) is 0 Å². The van der Waals surface area contributed by atoms with Gasteiger partial charge >= 0.3 is 0 Å². The van der Waals surface area contributed by atoms with Crippen LogP contribution in [0.1, 0.15) is 52.9 Å². The molecule has 0 saturated carbocycles. The third kappa shape index (κ3) is 9.84. The minimum atomic E-state index is 0.357. The quantitative estimate of drug-likeness (QED) is 0.641. The van der Waals surface area contributed by atoms with Gasteiger partial charge in [-0.3, -0.25) is 0 Å². The van der Waals surface area contributed by atoms with E-state index in [4.69, 9.17) is 11.5 Å². The van der Waals surface area contributed by atoms with Crippen LogP contribution in [-0.4, -0.2) is 12.1 Å². The Hall–Kier alpha value is -0.0800. The molecule has 2 heteroatoms. The van der Waals surface area contributed by atoms with Crippen molar-refractivity contribution < 1.29 is 0 Å². The standard InChI is InChI=1S/C11H26N2/c1-9(7-8-11(3)13)5-4-6-10(2)12/h9-11H,4-8,12-13H2,1-3H3. The summed E-state index contributed by atoms with van der Waals surface area (Å²) < 4.78 is 0. The molecule has 0 bridgehead atoms. The van der Waals surface area contributed by atoms with Crippen molar-refractivity contribution in [1.82, 2.24) is 0 Å². The zero-order chi connectivity index (χ0) is 10.3. The van der Waals surface area contributed by atoms with Crippen LogP contribution >= 0.6 is 0 Å². The molecule has 0 aromatic rings. The number of hydrogen-bond donors (Lipinski definition) is 2. The lowest BCUT2D eigenvalue weighted by atomic mass is 9.96.